The fraction of sp³-hybridized carbons (Fsp3) is 0.703. The van der Waals surface area contributed by atoms with Gasteiger partial charge in [-0.25, -0.2) is 0 Å². The van der Waals surface area contributed by atoms with E-state index in [0.29, 0.717) is 29.5 Å². The Labute approximate surface area is 238 Å². The monoisotopic (exact) mass is 530 g/mol. The van der Waals surface area contributed by atoms with Crippen molar-refractivity contribution in [3.8, 4) is 0 Å². The molecule has 1 aromatic carbocycles. The highest BCUT2D eigenvalue weighted by Crippen LogP contribution is 2.75. The summed E-state index contributed by atoms with van der Waals surface area (Å²) in [5.74, 6) is 2.36. The Bertz CT molecular complexity index is 1150. The number of allylic oxidation sites excluding steroid dienone is 3. The molecule has 4 fully saturated rings. The van der Waals surface area contributed by atoms with E-state index in [-0.39, 0.29) is 21.7 Å². The largest absolute Gasteiger partial charge is 0.390 e. The number of aliphatic hydroxyl groups is 1. The van der Waals surface area contributed by atoms with Gasteiger partial charge in [-0.2, -0.15) is 0 Å². The molecule has 4 aliphatic carbocycles. The van der Waals surface area contributed by atoms with Gasteiger partial charge < -0.3 is 5.11 Å². The molecule has 0 amide bonds. The average Bonchev–Trinajstić information content (AvgIpc) is 3.22. The molecule has 0 unspecified atom stereocenters. The van der Waals surface area contributed by atoms with E-state index in [1.807, 2.05) is 6.07 Å². The highest BCUT2D eigenvalue weighted by atomic mass is 16.3. The van der Waals surface area contributed by atoms with Crippen LogP contribution in [0.15, 0.2) is 47.6 Å². The van der Waals surface area contributed by atoms with Crippen molar-refractivity contribution in [2.45, 2.75) is 119 Å². The highest BCUT2D eigenvalue weighted by molar-refractivity contribution is 6.04. The quantitative estimate of drug-likeness (QED) is 0.304. The zero-order chi connectivity index (χ0) is 28.4. The van der Waals surface area contributed by atoms with Crippen molar-refractivity contribution < 1.29 is 9.90 Å². The van der Waals surface area contributed by atoms with Crippen LogP contribution in [-0.4, -0.2) is 16.5 Å². The number of fused-ring (bicyclic) bond motifs is 5. The Morgan fingerprint density at radius 3 is 2.28 bits per heavy atom. The molecule has 0 aromatic heterocycles. The minimum Gasteiger partial charge on any atom is -0.390 e. The Kier molecular flexibility index (Phi) is 7.18. The molecule has 0 bridgehead atoms. The highest BCUT2D eigenvalue weighted by Gasteiger charge is 2.69. The zero-order valence-electron chi connectivity index (χ0n) is 26.1. The van der Waals surface area contributed by atoms with E-state index in [0.717, 1.165) is 43.2 Å². The van der Waals surface area contributed by atoms with E-state index in [9.17, 15) is 9.90 Å². The lowest BCUT2D eigenvalue weighted by molar-refractivity contribution is -0.201. The summed E-state index contributed by atoms with van der Waals surface area (Å²) in [6.07, 6.45) is 14.4. The van der Waals surface area contributed by atoms with Crippen molar-refractivity contribution in [2.75, 3.05) is 0 Å². The predicted octanol–water partition coefficient (Wildman–Crippen LogP) is 9.43. The Morgan fingerprint density at radius 1 is 0.949 bits per heavy atom. The second-order valence-corrected chi connectivity index (χ2v) is 15.8. The van der Waals surface area contributed by atoms with Crippen LogP contribution >= 0.6 is 0 Å². The summed E-state index contributed by atoms with van der Waals surface area (Å²) >= 11 is 0. The first-order valence-corrected chi connectivity index (χ1v) is 15.8. The minimum atomic E-state index is -0.608. The fourth-order valence-electron chi connectivity index (χ4n) is 11.1. The van der Waals surface area contributed by atoms with E-state index in [2.05, 4.69) is 91.8 Å². The zero-order valence-corrected chi connectivity index (χ0v) is 26.1. The fourth-order valence-corrected chi connectivity index (χ4v) is 11.1. The second-order valence-electron chi connectivity index (χ2n) is 15.8. The first-order chi connectivity index (χ1) is 18.2. The Balaban J connectivity index is 1.48. The predicted molar refractivity (Wildman–Crippen MR) is 163 cm³/mol. The number of ketones is 1. The molecule has 39 heavy (non-hydrogen) atoms. The molecule has 214 valence electrons. The average molecular weight is 531 g/mol. The van der Waals surface area contributed by atoms with Crippen molar-refractivity contribution >= 4 is 11.9 Å². The second kappa shape index (κ2) is 9.71. The molecule has 0 heterocycles. The molecule has 5 rings (SSSR count). The van der Waals surface area contributed by atoms with Crippen molar-refractivity contribution in [1.82, 2.24) is 0 Å². The van der Waals surface area contributed by atoms with Crippen molar-refractivity contribution in [3.63, 3.8) is 0 Å². The van der Waals surface area contributed by atoms with Gasteiger partial charge in [-0.3, -0.25) is 4.79 Å². The molecule has 0 saturated heterocycles. The number of benzene rings is 1. The molecular formula is C37H54O2. The molecule has 0 aliphatic heterocycles. The summed E-state index contributed by atoms with van der Waals surface area (Å²) in [5, 5.41) is 11.8. The van der Waals surface area contributed by atoms with Gasteiger partial charge in [0.15, 0.2) is 5.78 Å². The van der Waals surface area contributed by atoms with Crippen LogP contribution in [0, 0.1) is 45.3 Å². The van der Waals surface area contributed by atoms with E-state index in [1.165, 1.54) is 31.3 Å². The molecule has 1 N–H and O–H groups in total. The third-order valence-corrected chi connectivity index (χ3v) is 13.1. The molecule has 4 aliphatic rings. The number of carbonyl (C=O) groups excluding carboxylic acids is 1. The van der Waals surface area contributed by atoms with Crippen LogP contribution in [0.2, 0.25) is 0 Å². The van der Waals surface area contributed by atoms with E-state index in [1.54, 1.807) is 0 Å². The molecular weight excluding hydrogens is 476 g/mol. The molecule has 4 saturated carbocycles. The van der Waals surface area contributed by atoms with Crippen LogP contribution in [0.25, 0.3) is 6.08 Å². The van der Waals surface area contributed by atoms with Gasteiger partial charge in [-0.1, -0.05) is 76.6 Å². The molecule has 2 heteroatoms. The van der Waals surface area contributed by atoms with Crippen molar-refractivity contribution in [2.24, 2.45) is 45.3 Å². The SMILES string of the molecule is CC(C)=CCC[C@](C)(O)[C@H]1CC[C@]2(C)[C@@H]1CC[C@@H]1[C@@]3(C)C/C(=C/c4ccccc4)C(=O)C(C)(C)[C@@H]3CC[C@]12C. The topological polar surface area (TPSA) is 37.3 Å². The van der Waals surface area contributed by atoms with E-state index in [4.69, 9.17) is 0 Å². The summed E-state index contributed by atoms with van der Waals surface area (Å²) in [6.45, 7) is 18.7. The smallest absolute Gasteiger partial charge is 0.164 e. The van der Waals surface area contributed by atoms with E-state index < -0.39 is 5.60 Å². The van der Waals surface area contributed by atoms with Gasteiger partial charge in [0.2, 0.25) is 0 Å². The summed E-state index contributed by atoms with van der Waals surface area (Å²) in [6, 6.07) is 10.4. The normalized spacial score (nSPS) is 41.8. The number of Topliss-reactive ketones (excluding diaryl/α,β-unsaturated/α-hetero) is 1. The lowest BCUT2D eigenvalue weighted by atomic mass is 9.35. The summed E-state index contributed by atoms with van der Waals surface area (Å²) < 4.78 is 0. The standard InChI is InChI=1S/C37H54O2/c1-25(2)13-12-20-37(8,39)29-18-21-35(6)28(29)16-17-31-34(5)24-27(23-26-14-10-9-11-15-26)32(38)33(3,4)30(34)19-22-36(31,35)7/h9-11,13-15,23,28-31,39H,12,16-22,24H2,1-8H3/b27-23-/t28-,29+,30+,31-,34+,35-,36-,37+/m1/s1. The molecule has 0 radical (unpaired) electrons. The van der Waals surface area contributed by atoms with Crippen LogP contribution in [0.4, 0.5) is 0 Å². The van der Waals surface area contributed by atoms with Crippen LogP contribution in [-0.2, 0) is 4.79 Å². The molecule has 1 aromatic rings. The Morgan fingerprint density at radius 2 is 1.62 bits per heavy atom. The number of hydrogen-bond acceptors (Lipinski definition) is 2. The van der Waals surface area contributed by atoms with Crippen LogP contribution in [0.5, 0.6) is 0 Å². The van der Waals surface area contributed by atoms with Gasteiger partial charge >= 0.3 is 0 Å². The maximum absolute atomic E-state index is 13.9. The van der Waals surface area contributed by atoms with Gasteiger partial charge in [0.25, 0.3) is 0 Å². The van der Waals surface area contributed by atoms with Crippen LogP contribution in [0.3, 0.4) is 0 Å². The molecule has 2 nitrogen and oxygen atoms in total. The van der Waals surface area contributed by atoms with Crippen LogP contribution < -0.4 is 0 Å². The third kappa shape index (κ3) is 4.43. The van der Waals surface area contributed by atoms with Gasteiger partial charge in [-0.15, -0.1) is 0 Å². The summed E-state index contributed by atoms with van der Waals surface area (Å²) in [4.78, 5) is 13.9. The van der Waals surface area contributed by atoms with Gasteiger partial charge in [0, 0.05) is 5.41 Å². The van der Waals surface area contributed by atoms with Crippen LogP contribution in [0.1, 0.15) is 119 Å². The number of carbonyl (C=O) groups is 1. The van der Waals surface area contributed by atoms with Crippen molar-refractivity contribution in [3.05, 3.63) is 53.1 Å². The maximum atomic E-state index is 13.9. The summed E-state index contributed by atoms with van der Waals surface area (Å²) in [7, 11) is 0. The number of hydrogen-bond donors (Lipinski definition) is 1. The van der Waals surface area contributed by atoms with Gasteiger partial charge in [-0.05, 0) is 136 Å². The molecule has 0 spiro atoms. The number of rotatable bonds is 5. The van der Waals surface area contributed by atoms with Crippen molar-refractivity contribution in [1.29, 1.82) is 0 Å². The lowest BCUT2D eigenvalue weighted by Gasteiger charge is -2.69. The summed E-state index contributed by atoms with van der Waals surface area (Å²) in [5.41, 5.74) is 3.17. The minimum absolute atomic E-state index is 0.114. The van der Waals surface area contributed by atoms with Gasteiger partial charge in [0.05, 0.1) is 5.60 Å². The first-order valence-electron chi connectivity index (χ1n) is 15.8. The third-order valence-electron chi connectivity index (χ3n) is 13.1. The Hall–Kier alpha value is -1.67. The first kappa shape index (κ1) is 28.8. The maximum Gasteiger partial charge on any atom is 0.164 e. The lowest BCUT2D eigenvalue weighted by Crippen LogP contribution is -2.64. The molecule has 8 atom stereocenters. The van der Waals surface area contributed by atoms with E-state index >= 15 is 0 Å². The van der Waals surface area contributed by atoms with Gasteiger partial charge in [0.1, 0.15) is 0 Å².